The molecule has 0 spiro atoms. The second-order valence-electron chi connectivity index (χ2n) is 5.79. The summed E-state index contributed by atoms with van der Waals surface area (Å²) < 4.78 is 32.5. The van der Waals surface area contributed by atoms with Crippen LogP contribution in [0.4, 0.5) is 0 Å². The number of nitrogens with zero attached hydrogens (tertiary/aromatic N) is 3. The van der Waals surface area contributed by atoms with Crippen LogP contribution in [0.2, 0.25) is 5.02 Å². The van der Waals surface area contributed by atoms with E-state index in [9.17, 15) is 8.42 Å². The Morgan fingerprint density at radius 3 is 2.79 bits per heavy atom. The van der Waals surface area contributed by atoms with Crippen LogP contribution in [0.25, 0.3) is 0 Å². The van der Waals surface area contributed by atoms with Gasteiger partial charge in [-0.05, 0) is 30.3 Å². The predicted molar refractivity (Wildman–Crippen MR) is 110 cm³/mol. The minimum Gasteiger partial charge on any atom is -0.492 e. The van der Waals surface area contributed by atoms with Crippen molar-refractivity contribution >= 4 is 27.6 Å². The zero-order valence-electron chi connectivity index (χ0n) is 15.8. The van der Waals surface area contributed by atoms with Crippen LogP contribution in [0.5, 0.6) is 5.75 Å². The van der Waals surface area contributed by atoms with Gasteiger partial charge >= 0.3 is 0 Å². The first-order chi connectivity index (χ1) is 13.4. The summed E-state index contributed by atoms with van der Waals surface area (Å²) in [6.07, 6.45) is 2.83. The monoisotopic (exact) mass is 425 g/mol. The van der Waals surface area contributed by atoms with Crippen molar-refractivity contribution in [2.75, 3.05) is 40.3 Å². The molecule has 28 heavy (non-hydrogen) atoms. The van der Waals surface area contributed by atoms with Gasteiger partial charge in [0.2, 0.25) is 10.0 Å². The maximum absolute atomic E-state index is 12.1. The van der Waals surface area contributed by atoms with Crippen molar-refractivity contribution in [1.29, 1.82) is 0 Å². The molecule has 0 bridgehead atoms. The number of benzene rings is 1. The highest BCUT2D eigenvalue weighted by atomic mass is 35.5. The number of hydrogen-bond acceptors (Lipinski definition) is 5. The fraction of sp³-hybridized carbons (Fsp3) is 0.333. The number of pyridine rings is 1. The zero-order valence-corrected chi connectivity index (χ0v) is 17.4. The Labute approximate surface area is 170 Å². The first-order valence-corrected chi connectivity index (χ1v) is 10.5. The summed E-state index contributed by atoms with van der Waals surface area (Å²) in [6.45, 7) is 1.63. The maximum Gasteiger partial charge on any atom is 0.242 e. The van der Waals surface area contributed by atoms with Crippen LogP contribution in [0, 0.1) is 0 Å². The Hall–Kier alpha value is -2.36. The highest BCUT2D eigenvalue weighted by Crippen LogP contribution is 2.16. The van der Waals surface area contributed by atoms with Gasteiger partial charge in [-0.2, -0.15) is 0 Å². The van der Waals surface area contributed by atoms with Crippen molar-refractivity contribution in [3.05, 3.63) is 53.8 Å². The van der Waals surface area contributed by atoms with Gasteiger partial charge in [-0.25, -0.2) is 13.1 Å². The first-order valence-electron chi connectivity index (χ1n) is 8.62. The number of sulfonamides is 1. The summed E-state index contributed by atoms with van der Waals surface area (Å²) in [5.74, 6) is 1.34. The lowest BCUT2D eigenvalue weighted by molar-refractivity contribution is 0.281. The largest absolute Gasteiger partial charge is 0.492 e. The molecule has 0 amide bonds. The molecule has 0 atom stereocenters. The Morgan fingerprint density at radius 2 is 2.11 bits per heavy atom. The average Bonchev–Trinajstić information content (AvgIpc) is 2.68. The lowest BCUT2D eigenvalue weighted by Crippen LogP contribution is -2.43. The number of ether oxygens (including phenoxy) is 1. The van der Waals surface area contributed by atoms with Crippen LogP contribution >= 0.6 is 11.6 Å². The molecule has 0 aliphatic carbocycles. The van der Waals surface area contributed by atoms with E-state index in [1.807, 2.05) is 24.1 Å². The molecule has 152 valence electrons. The van der Waals surface area contributed by atoms with Crippen molar-refractivity contribution in [3.63, 3.8) is 0 Å². The van der Waals surface area contributed by atoms with Gasteiger partial charge in [0.05, 0.1) is 6.54 Å². The third-order valence-corrected chi connectivity index (χ3v) is 5.39. The minimum absolute atomic E-state index is 0.134. The molecular weight excluding hydrogens is 402 g/mol. The van der Waals surface area contributed by atoms with Gasteiger partial charge in [0.1, 0.15) is 17.3 Å². The summed E-state index contributed by atoms with van der Waals surface area (Å²) in [5, 5.41) is 3.73. The Kier molecular flexibility index (Phi) is 8.49. The standard InChI is InChI=1S/C18H24ClN5O3S/c1-20-18(24(2)11-12-27-16-6-3-5-15(19)13-16)22-9-10-23-28(25,26)17-7-4-8-21-14-17/h3-8,13-14,23H,9-12H2,1-2H3,(H,20,22). The molecule has 2 aromatic rings. The van der Waals surface area contributed by atoms with Gasteiger partial charge in [0.25, 0.3) is 0 Å². The van der Waals surface area contributed by atoms with Gasteiger partial charge in [0, 0.05) is 44.6 Å². The molecular formula is C18H24ClN5O3S. The molecule has 1 heterocycles. The molecule has 1 aromatic heterocycles. The number of rotatable bonds is 9. The number of aliphatic imine (C=N–C) groups is 1. The molecule has 0 unspecified atom stereocenters. The smallest absolute Gasteiger partial charge is 0.242 e. The molecule has 0 aliphatic rings. The molecule has 2 rings (SSSR count). The molecule has 2 N–H and O–H groups in total. The topological polar surface area (TPSA) is 95.9 Å². The second-order valence-corrected chi connectivity index (χ2v) is 7.99. The number of halogens is 1. The van der Waals surface area contributed by atoms with Crippen LogP contribution < -0.4 is 14.8 Å². The first kappa shape index (κ1) is 21.9. The van der Waals surface area contributed by atoms with Crippen molar-refractivity contribution in [2.24, 2.45) is 4.99 Å². The van der Waals surface area contributed by atoms with Crippen LogP contribution in [0.1, 0.15) is 0 Å². The van der Waals surface area contributed by atoms with E-state index < -0.39 is 10.0 Å². The summed E-state index contributed by atoms with van der Waals surface area (Å²) in [5.41, 5.74) is 0. The summed E-state index contributed by atoms with van der Waals surface area (Å²) in [6, 6.07) is 10.3. The van der Waals surface area contributed by atoms with Gasteiger partial charge in [-0.15, -0.1) is 0 Å². The molecule has 8 nitrogen and oxygen atoms in total. The third kappa shape index (κ3) is 6.99. The fourth-order valence-electron chi connectivity index (χ4n) is 2.30. The molecule has 1 aromatic carbocycles. The van der Waals surface area contributed by atoms with E-state index in [0.29, 0.717) is 36.4 Å². The van der Waals surface area contributed by atoms with Gasteiger partial charge < -0.3 is 15.0 Å². The van der Waals surface area contributed by atoms with Crippen molar-refractivity contribution in [1.82, 2.24) is 19.9 Å². The van der Waals surface area contributed by atoms with E-state index in [2.05, 4.69) is 20.0 Å². The van der Waals surface area contributed by atoms with E-state index in [-0.39, 0.29) is 11.4 Å². The fourth-order valence-corrected chi connectivity index (χ4v) is 3.47. The Morgan fingerprint density at radius 1 is 1.29 bits per heavy atom. The van der Waals surface area contributed by atoms with E-state index in [0.717, 1.165) is 0 Å². The lowest BCUT2D eigenvalue weighted by atomic mass is 10.3. The number of nitrogens with one attached hydrogen (secondary N) is 2. The summed E-state index contributed by atoms with van der Waals surface area (Å²) in [7, 11) is -0.0356. The minimum atomic E-state index is -3.57. The van der Waals surface area contributed by atoms with E-state index in [1.165, 1.54) is 18.5 Å². The van der Waals surface area contributed by atoms with Gasteiger partial charge in [-0.1, -0.05) is 17.7 Å². The maximum atomic E-state index is 12.1. The Bertz CT molecular complexity index is 878. The van der Waals surface area contributed by atoms with Crippen molar-refractivity contribution in [2.45, 2.75) is 4.90 Å². The van der Waals surface area contributed by atoms with Crippen molar-refractivity contribution in [3.8, 4) is 5.75 Å². The summed E-state index contributed by atoms with van der Waals surface area (Å²) >= 11 is 5.93. The van der Waals surface area contributed by atoms with Crippen LogP contribution in [-0.4, -0.2) is 64.6 Å². The zero-order chi connectivity index (χ0) is 20.4. The van der Waals surface area contributed by atoms with Crippen LogP contribution in [0.3, 0.4) is 0 Å². The number of guanidine groups is 1. The average molecular weight is 426 g/mol. The molecule has 0 saturated carbocycles. The third-order valence-electron chi connectivity index (χ3n) is 3.71. The number of aromatic nitrogens is 1. The van der Waals surface area contributed by atoms with E-state index in [1.54, 1.807) is 25.2 Å². The van der Waals surface area contributed by atoms with Gasteiger partial charge in [-0.3, -0.25) is 9.98 Å². The van der Waals surface area contributed by atoms with Crippen LogP contribution in [0.15, 0.2) is 58.7 Å². The SMILES string of the molecule is CN=C(NCCNS(=O)(=O)c1cccnc1)N(C)CCOc1cccc(Cl)c1. The number of likely N-dealkylation sites (N-methyl/N-ethyl adjacent to an activating group) is 1. The normalized spacial score (nSPS) is 11.9. The quantitative estimate of drug-likeness (QED) is 0.360. The molecule has 0 fully saturated rings. The molecule has 10 heteroatoms. The lowest BCUT2D eigenvalue weighted by Gasteiger charge is -2.22. The highest BCUT2D eigenvalue weighted by molar-refractivity contribution is 7.89. The molecule has 0 radical (unpaired) electrons. The van der Waals surface area contributed by atoms with E-state index in [4.69, 9.17) is 16.3 Å². The highest BCUT2D eigenvalue weighted by Gasteiger charge is 2.13. The Balaban J connectivity index is 1.73. The molecule has 0 saturated heterocycles. The number of hydrogen-bond donors (Lipinski definition) is 2. The van der Waals surface area contributed by atoms with Gasteiger partial charge in [0.15, 0.2) is 5.96 Å². The second kappa shape index (κ2) is 10.8. The summed E-state index contributed by atoms with van der Waals surface area (Å²) in [4.78, 5) is 10.0. The molecule has 0 aliphatic heterocycles. The van der Waals surface area contributed by atoms with Crippen molar-refractivity contribution < 1.29 is 13.2 Å². The predicted octanol–water partition coefficient (Wildman–Crippen LogP) is 1.60. The van der Waals surface area contributed by atoms with Crippen LogP contribution in [-0.2, 0) is 10.0 Å². The van der Waals surface area contributed by atoms with E-state index >= 15 is 0 Å².